The Morgan fingerprint density at radius 2 is 1.97 bits per heavy atom. The van der Waals surface area contributed by atoms with E-state index in [4.69, 9.17) is 5.73 Å². The van der Waals surface area contributed by atoms with E-state index >= 15 is 0 Å². The zero-order valence-electron chi connectivity index (χ0n) is 16.8. The molecule has 3 rings (SSSR count). The van der Waals surface area contributed by atoms with Crippen molar-refractivity contribution in [2.45, 2.75) is 46.5 Å². The van der Waals surface area contributed by atoms with Crippen LogP contribution in [-0.4, -0.2) is 16.7 Å². The van der Waals surface area contributed by atoms with Gasteiger partial charge >= 0.3 is 0 Å². The van der Waals surface area contributed by atoms with Gasteiger partial charge in [0.15, 0.2) is 0 Å². The molecule has 2 amide bonds. The van der Waals surface area contributed by atoms with Crippen LogP contribution in [0.4, 0.5) is 10.7 Å². The first-order valence-corrected chi connectivity index (χ1v) is 10.5. The molecular formula is C21H25N3O4S. The fourth-order valence-electron chi connectivity index (χ4n) is 3.80. The first kappa shape index (κ1) is 21.0. The van der Waals surface area contributed by atoms with Gasteiger partial charge in [0.1, 0.15) is 5.00 Å². The highest BCUT2D eigenvalue weighted by atomic mass is 32.1. The van der Waals surface area contributed by atoms with E-state index in [-0.39, 0.29) is 16.7 Å². The summed E-state index contributed by atoms with van der Waals surface area (Å²) in [5, 5.41) is 14.0. The summed E-state index contributed by atoms with van der Waals surface area (Å²) in [6, 6.07) is 5.34. The standard InChI is InChI=1S/C21H25N3O4S/c1-4-21(2,3)13-7-10-15-16(11-13)29-20(17(15)18(22)25)23-19(26)12-5-8-14(9-6-12)24(27)28/h5-6,8-9,13H,4,7,10-11H2,1-3H3,(H2,22,25)(H,23,26). The van der Waals surface area contributed by atoms with Gasteiger partial charge in [0.25, 0.3) is 17.5 Å². The molecule has 0 bridgehead atoms. The molecule has 1 heterocycles. The van der Waals surface area contributed by atoms with E-state index in [1.54, 1.807) is 0 Å². The summed E-state index contributed by atoms with van der Waals surface area (Å²) < 4.78 is 0. The number of benzene rings is 1. The normalized spacial score (nSPS) is 16.2. The van der Waals surface area contributed by atoms with Crippen molar-refractivity contribution >= 4 is 33.8 Å². The van der Waals surface area contributed by atoms with Gasteiger partial charge in [0, 0.05) is 22.6 Å². The molecule has 154 valence electrons. The number of hydrogen-bond donors (Lipinski definition) is 2. The second kappa shape index (κ2) is 7.94. The summed E-state index contributed by atoms with van der Waals surface area (Å²) in [7, 11) is 0. The molecule has 1 aromatic heterocycles. The largest absolute Gasteiger partial charge is 0.365 e. The molecule has 2 aromatic rings. The molecule has 1 aliphatic rings. The number of nitro benzene ring substituents is 1. The zero-order valence-corrected chi connectivity index (χ0v) is 17.6. The van der Waals surface area contributed by atoms with Gasteiger partial charge in [0.2, 0.25) is 0 Å². The highest BCUT2D eigenvalue weighted by molar-refractivity contribution is 7.17. The summed E-state index contributed by atoms with van der Waals surface area (Å²) in [6.45, 7) is 6.72. The fraction of sp³-hybridized carbons (Fsp3) is 0.429. The predicted octanol–water partition coefficient (Wildman–Crippen LogP) is 4.55. The molecule has 29 heavy (non-hydrogen) atoms. The van der Waals surface area contributed by atoms with E-state index in [1.165, 1.54) is 35.6 Å². The van der Waals surface area contributed by atoms with Crippen LogP contribution in [0.1, 0.15) is 64.8 Å². The highest BCUT2D eigenvalue weighted by Crippen LogP contribution is 2.45. The Balaban J connectivity index is 1.87. The Hall–Kier alpha value is -2.74. The van der Waals surface area contributed by atoms with Crippen LogP contribution in [-0.2, 0) is 12.8 Å². The minimum absolute atomic E-state index is 0.0875. The van der Waals surface area contributed by atoms with Gasteiger partial charge in [-0.15, -0.1) is 11.3 Å². The van der Waals surface area contributed by atoms with Gasteiger partial charge in [-0.2, -0.15) is 0 Å². The molecule has 0 radical (unpaired) electrons. The van der Waals surface area contributed by atoms with E-state index < -0.39 is 16.7 Å². The number of nitro groups is 1. The molecule has 7 nitrogen and oxygen atoms in total. The lowest BCUT2D eigenvalue weighted by molar-refractivity contribution is -0.384. The highest BCUT2D eigenvalue weighted by Gasteiger charge is 2.35. The number of fused-ring (bicyclic) bond motifs is 1. The van der Waals surface area contributed by atoms with Crippen molar-refractivity contribution in [3.63, 3.8) is 0 Å². The van der Waals surface area contributed by atoms with Gasteiger partial charge in [-0.1, -0.05) is 27.2 Å². The Morgan fingerprint density at radius 1 is 1.31 bits per heavy atom. The Kier molecular flexibility index (Phi) is 5.75. The van der Waals surface area contributed by atoms with Crippen molar-refractivity contribution in [2.24, 2.45) is 17.1 Å². The van der Waals surface area contributed by atoms with Gasteiger partial charge in [-0.25, -0.2) is 0 Å². The maximum absolute atomic E-state index is 12.6. The number of anilines is 1. The third kappa shape index (κ3) is 4.17. The average Bonchev–Trinajstić information content (AvgIpc) is 3.05. The number of carbonyl (C=O) groups excluding carboxylic acids is 2. The summed E-state index contributed by atoms with van der Waals surface area (Å²) in [4.78, 5) is 36.1. The summed E-state index contributed by atoms with van der Waals surface area (Å²) in [5.74, 6) is -0.460. The van der Waals surface area contributed by atoms with Crippen LogP contribution >= 0.6 is 11.3 Å². The maximum atomic E-state index is 12.6. The minimum atomic E-state index is -0.547. The van der Waals surface area contributed by atoms with Crippen molar-refractivity contribution < 1.29 is 14.5 Å². The van der Waals surface area contributed by atoms with Crippen molar-refractivity contribution in [1.82, 2.24) is 0 Å². The van der Waals surface area contributed by atoms with Crippen LogP contribution < -0.4 is 11.1 Å². The van der Waals surface area contributed by atoms with Crippen LogP contribution in [0.25, 0.3) is 0 Å². The second-order valence-electron chi connectivity index (χ2n) is 8.11. The lowest BCUT2D eigenvalue weighted by atomic mass is 9.69. The molecule has 0 saturated carbocycles. The minimum Gasteiger partial charge on any atom is -0.365 e. The van der Waals surface area contributed by atoms with Crippen molar-refractivity contribution in [3.8, 4) is 0 Å². The molecular weight excluding hydrogens is 390 g/mol. The number of thiophene rings is 1. The monoisotopic (exact) mass is 415 g/mol. The van der Waals surface area contributed by atoms with Gasteiger partial charge < -0.3 is 11.1 Å². The Morgan fingerprint density at radius 3 is 2.52 bits per heavy atom. The first-order valence-electron chi connectivity index (χ1n) is 9.64. The van der Waals surface area contributed by atoms with Crippen LogP contribution in [0.2, 0.25) is 0 Å². The molecule has 0 aliphatic heterocycles. The maximum Gasteiger partial charge on any atom is 0.269 e. The Labute approximate surface area is 173 Å². The Bertz CT molecular complexity index is 963. The number of nitrogens with two attached hydrogens (primary N) is 1. The summed E-state index contributed by atoms with van der Waals surface area (Å²) in [5.41, 5.74) is 7.38. The lowest BCUT2D eigenvalue weighted by Crippen LogP contribution is -2.29. The molecule has 1 aliphatic carbocycles. The van der Waals surface area contributed by atoms with E-state index in [0.717, 1.165) is 36.1 Å². The molecule has 8 heteroatoms. The van der Waals surface area contributed by atoms with Crippen LogP contribution in [0.3, 0.4) is 0 Å². The van der Waals surface area contributed by atoms with E-state index in [0.29, 0.717) is 16.5 Å². The summed E-state index contributed by atoms with van der Waals surface area (Å²) >= 11 is 1.41. The second-order valence-corrected chi connectivity index (χ2v) is 9.22. The number of primary amides is 1. The first-order chi connectivity index (χ1) is 13.6. The number of carbonyl (C=O) groups is 2. The van der Waals surface area contributed by atoms with Crippen molar-refractivity contribution in [3.05, 3.63) is 55.9 Å². The average molecular weight is 416 g/mol. The molecule has 0 spiro atoms. The SMILES string of the molecule is CCC(C)(C)C1CCc2c(sc(NC(=O)c3ccc([N+](=O)[O-])cc3)c2C(N)=O)C1. The molecule has 1 atom stereocenters. The van der Waals surface area contributed by atoms with Gasteiger partial charge in [-0.3, -0.25) is 19.7 Å². The van der Waals surface area contributed by atoms with E-state index in [1.807, 2.05) is 0 Å². The third-order valence-corrected chi connectivity index (χ3v) is 7.27. The van der Waals surface area contributed by atoms with Crippen LogP contribution in [0.15, 0.2) is 24.3 Å². The zero-order chi connectivity index (χ0) is 21.3. The molecule has 0 saturated heterocycles. The predicted molar refractivity (Wildman–Crippen MR) is 113 cm³/mol. The molecule has 1 unspecified atom stereocenters. The van der Waals surface area contributed by atoms with Crippen molar-refractivity contribution in [1.29, 1.82) is 0 Å². The third-order valence-electron chi connectivity index (χ3n) is 6.10. The van der Waals surface area contributed by atoms with Crippen LogP contribution in [0.5, 0.6) is 0 Å². The lowest BCUT2D eigenvalue weighted by Gasteiger charge is -2.36. The number of amides is 2. The molecule has 3 N–H and O–H groups in total. The van der Waals surface area contributed by atoms with E-state index in [9.17, 15) is 19.7 Å². The van der Waals surface area contributed by atoms with Crippen LogP contribution in [0, 0.1) is 21.4 Å². The molecule has 1 aromatic carbocycles. The van der Waals surface area contributed by atoms with Gasteiger partial charge in [-0.05, 0) is 48.3 Å². The quantitative estimate of drug-likeness (QED) is 0.532. The number of nitrogens with zero attached hydrogens (tertiary/aromatic N) is 1. The summed E-state index contributed by atoms with van der Waals surface area (Å²) in [6.07, 6.45) is 3.70. The smallest absolute Gasteiger partial charge is 0.269 e. The number of nitrogens with one attached hydrogen (secondary N) is 1. The van der Waals surface area contributed by atoms with E-state index in [2.05, 4.69) is 26.1 Å². The number of rotatable bonds is 6. The molecule has 0 fully saturated rings. The van der Waals surface area contributed by atoms with Crippen molar-refractivity contribution in [2.75, 3.05) is 5.32 Å². The topological polar surface area (TPSA) is 115 Å². The fourth-order valence-corrected chi connectivity index (χ4v) is 5.13. The number of hydrogen-bond acceptors (Lipinski definition) is 5. The van der Waals surface area contributed by atoms with Gasteiger partial charge in [0.05, 0.1) is 10.5 Å². The number of non-ortho nitro benzene ring substituents is 1.